The Kier molecular flexibility index (Phi) is 6.05. The minimum atomic E-state index is -0.338. The molecule has 0 amide bonds. The summed E-state index contributed by atoms with van der Waals surface area (Å²) in [7, 11) is 0. The van der Waals surface area contributed by atoms with E-state index in [9.17, 15) is 0 Å². The third-order valence-corrected chi connectivity index (χ3v) is 3.59. The van der Waals surface area contributed by atoms with E-state index in [0.717, 1.165) is 10.7 Å². The average Bonchev–Trinajstić information content (AvgIpc) is 2.57. The lowest BCUT2D eigenvalue weighted by atomic mass is 10.2. The van der Waals surface area contributed by atoms with E-state index in [1.54, 1.807) is 11.3 Å². The van der Waals surface area contributed by atoms with Crippen LogP contribution in [0.5, 0.6) is 0 Å². The van der Waals surface area contributed by atoms with Gasteiger partial charge in [0.05, 0.1) is 16.7 Å². The van der Waals surface area contributed by atoms with Crippen molar-refractivity contribution in [2.75, 3.05) is 13.2 Å². The van der Waals surface area contributed by atoms with Crippen molar-refractivity contribution in [1.29, 1.82) is 0 Å². The zero-order valence-corrected chi connectivity index (χ0v) is 11.8. The molecule has 1 heterocycles. The molecule has 17 heavy (non-hydrogen) atoms. The summed E-state index contributed by atoms with van der Waals surface area (Å²) in [5.74, 6) is 0. The van der Waals surface area contributed by atoms with Crippen molar-refractivity contribution in [2.24, 2.45) is 5.73 Å². The highest BCUT2D eigenvalue weighted by Crippen LogP contribution is 2.18. The Balaban J connectivity index is 2.58. The number of ether oxygens (including phenoxy) is 2. The van der Waals surface area contributed by atoms with E-state index in [2.05, 4.69) is 11.9 Å². The lowest BCUT2D eigenvalue weighted by Crippen LogP contribution is -2.40. The lowest BCUT2D eigenvalue weighted by molar-refractivity contribution is -0.148. The Morgan fingerprint density at radius 3 is 2.24 bits per heavy atom. The molecule has 1 aromatic heterocycles. The molecule has 0 bridgehead atoms. The van der Waals surface area contributed by atoms with Gasteiger partial charge in [-0.2, -0.15) is 0 Å². The van der Waals surface area contributed by atoms with Crippen LogP contribution in [0, 0.1) is 13.8 Å². The van der Waals surface area contributed by atoms with E-state index in [0.29, 0.717) is 19.6 Å². The molecule has 1 aromatic rings. The van der Waals surface area contributed by atoms with Gasteiger partial charge in [-0.25, -0.2) is 4.98 Å². The number of nitrogens with two attached hydrogens (primary N) is 1. The molecule has 1 atom stereocenters. The Hall–Kier alpha value is -0.490. The number of thiazole rings is 1. The zero-order chi connectivity index (χ0) is 12.8. The maximum Gasteiger partial charge on any atom is 0.172 e. The SMILES string of the molecule is CCOC(OCC)C(N)Cc1nc(C)c(C)s1. The first-order valence-electron chi connectivity index (χ1n) is 6.00. The van der Waals surface area contributed by atoms with E-state index in [1.807, 2.05) is 20.8 Å². The Morgan fingerprint density at radius 2 is 1.82 bits per heavy atom. The van der Waals surface area contributed by atoms with Crippen molar-refractivity contribution >= 4 is 11.3 Å². The summed E-state index contributed by atoms with van der Waals surface area (Å²) in [5.41, 5.74) is 7.18. The lowest BCUT2D eigenvalue weighted by Gasteiger charge is -2.22. The van der Waals surface area contributed by atoms with Crippen LogP contribution in [0.25, 0.3) is 0 Å². The number of rotatable bonds is 7. The quantitative estimate of drug-likeness (QED) is 0.760. The van der Waals surface area contributed by atoms with Gasteiger partial charge in [0, 0.05) is 24.5 Å². The molecule has 0 aromatic carbocycles. The van der Waals surface area contributed by atoms with Crippen LogP contribution < -0.4 is 5.73 Å². The molecule has 0 radical (unpaired) electrons. The predicted octanol–water partition coefficient (Wildman–Crippen LogP) is 2.03. The number of aromatic nitrogens is 1. The highest BCUT2D eigenvalue weighted by Gasteiger charge is 2.20. The van der Waals surface area contributed by atoms with Crippen molar-refractivity contribution in [3.05, 3.63) is 15.6 Å². The van der Waals surface area contributed by atoms with Crippen LogP contribution in [0.4, 0.5) is 0 Å². The standard InChI is InChI=1S/C12H22N2O2S/c1-5-15-12(16-6-2)10(13)7-11-14-8(3)9(4)17-11/h10,12H,5-7,13H2,1-4H3. The Labute approximate surface area is 107 Å². The number of aryl methyl sites for hydroxylation is 2. The maximum atomic E-state index is 6.10. The maximum absolute atomic E-state index is 6.10. The second-order valence-corrected chi connectivity index (χ2v) is 5.18. The number of hydrogen-bond donors (Lipinski definition) is 1. The molecule has 2 N–H and O–H groups in total. The molecule has 1 rings (SSSR count). The molecule has 0 fully saturated rings. The average molecular weight is 258 g/mol. The number of nitrogens with zero attached hydrogens (tertiary/aromatic N) is 1. The second-order valence-electron chi connectivity index (χ2n) is 3.90. The van der Waals surface area contributed by atoms with Gasteiger partial charge in [-0.3, -0.25) is 0 Å². The molecule has 0 saturated heterocycles. The summed E-state index contributed by atoms with van der Waals surface area (Å²) in [6.07, 6.45) is 0.360. The van der Waals surface area contributed by atoms with E-state index in [1.165, 1.54) is 4.88 Å². The third-order valence-electron chi connectivity index (χ3n) is 2.49. The molecule has 0 aliphatic carbocycles. The van der Waals surface area contributed by atoms with Crippen LogP contribution >= 0.6 is 11.3 Å². The van der Waals surface area contributed by atoms with Crippen LogP contribution in [-0.2, 0) is 15.9 Å². The van der Waals surface area contributed by atoms with E-state index < -0.39 is 0 Å². The summed E-state index contributed by atoms with van der Waals surface area (Å²) in [5, 5.41) is 1.05. The van der Waals surface area contributed by atoms with Crippen LogP contribution in [-0.4, -0.2) is 30.5 Å². The largest absolute Gasteiger partial charge is 0.351 e. The van der Waals surface area contributed by atoms with Gasteiger partial charge in [0.25, 0.3) is 0 Å². The number of hydrogen-bond acceptors (Lipinski definition) is 5. The minimum Gasteiger partial charge on any atom is -0.351 e. The fourth-order valence-corrected chi connectivity index (χ4v) is 2.55. The van der Waals surface area contributed by atoms with Gasteiger partial charge in [0.1, 0.15) is 0 Å². The van der Waals surface area contributed by atoms with Crippen LogP contribution in [0.1, 0.15) is 29.4 Å². The summed E-state index contributed by atoms with van der Waals surface area (Å²) < 4.78 is 11.0. The van der Waals surface area contributed by atoms with Crippen molar-refractivity contribution in [1.82, 2.24) is 4.98 Å². The molecular formula is C12H22N2O2S. The first-order chi connectivity index (χ1) is 8.08. The molecule has 4 nitrogen and oxygen atoms in total. The molecule has 0 saturated carbocycles. The summed E-state index contributed by atoms with van der Waals surface area (Å²) >= 11 is 1.69. The molecule has 1 unspecified atom stereocenters. The summed E-state index contributed by atoms with van der Waals surface area (Å²) in [6.45, 7) is 9.18. The Bertz CT molecular complexity index is 316. The first-order valence-corrected chi connectivity index (χ1v) is 6.81. The molecule has 0 spiro atoms. The van der Waals surface area contributed by atoms with E-state index in [4.69, 9.17) is 15.2 Å². The van der Waals surface area contributed by atoms with E-state index >= 15 is 0 Å². The molecule has 0 aliphatic heterocycles. The van der Waals surface area contributed by atoms with Crippen molar-refractivity contribution < 1.29 is 9.47 Å². The van der Waals surface area contributed by atoms with Crippen molar-refractivity contribution in [2.45, 2.75) is 46.4 Å². The van der Waals surface area contributed by atoms with Gasteiger partial charge in [-0.15, -0.1) is 11.3 Å². The smallest absolute Gasteiger partial charge is 0.172 e. The van der Waals surface area contributed by atoms with Gasteiger partial charge in [0.15, 0.2) is 6.29 Å². The second kappa shape index (κ2) is 7.06. The molecule has 0 aliphatic rings. The molecule has 5 heteroatoms. The van der Waals surface area contributed by atoms with Gasteiger partial charge in [-0.1, -0.05) is 0 Å². The van der Waals surface area contributed by atoms with Crippen molar-refractivity contribution in [3.8, 4) is 0 Å². The van der Waals surface area contributed by atoms with Gasteiger partial charge in [-0.05, 0) is 27.7 Å². The topological polar surface area (TPSA) is 57.4 Å². The predicted molar refractivity (Wildman–Crippen MR) is 70.3 cm³/mol. The third kappa shape index (κ3) is 4.35. The van der Waals surface area contributed by atoms with Crippen molar-refractivity contribution in [3.63, 3.8) is 0 Å². The molecular weight excluding hydrogens is 236 g/mol. The van der Waals surface area contributed by atoms with Gasteiger partial charge >= 0.3 is 0 Å². The van der Waals surface area contributed by atoms with Crippen LogP contribution in [0.2, 0.25) is 0 Å². The van der Waals surface area contributed by atoms with Crippen LogP contribution in [0.3, 0.4) is 0 Å². The monoisotopic (exact) mass is 258 g/mol. The molecule has 98 valence electrons. The zero-order valence-electron chi connectivity index (χ0n) is 11.0. The highest BCUT2D eigenvalue weighted by atomic mass is 32.1. The normalized spacial score (nSPS) is 13.3. The summed E-state index contributed by atoms with van der Waals surface area (Å²) in [4.78, 5) is 5.73. The fraction of sp³-hybridized carbons (Fsp3) is 0.750. The minimum absolute atomic E-state index is 0.167. The Morgan fingerprint density at radius 1 is 1.24 bits per heavy atom. The fourth-order valence-electron chi connectivity index (χ4n) is 1.55. The summed E-state index contributed by atoms with van der Waals surface area (Å²) in [6, 6.07) is -0.167. The van der Waals surface area contributed by atoms with E-state index in [-0.39, 0.29) is 12.3 Å². The first kappa shape index (κ1) is 14.6. The highest BCUT2D eigenvalue weighted by molar-refractivity contribution is 7.11. The van der Waals surface area contributed by atoms with Gasteiger partial charge < -0.3 is 15.2 Å². The van der Waals surface area contributed by atoms with Crippen LogP contribution in [0.15, 0.2) is 0 Å². The van der Waals surface area contributed by atoms with Gasteiger partial charge in [0.2, 0.25) is 0 Å².